The topological polar surface area (TPSA) is 62.2 Å². The molecule has 2 N–H and O–H groups in total. The summed E-state index contributed by atoms with van der Waals surface area (Å²) in [6, 6.07) is 6.08. The molecule has 0 unspecified atom stereocenters. The molecule has 5 nitrogen and oxygen atoms in total. The fourth-order valence-electron chi connectivity index (χ4n) is 2.67. The minimum Gasteiger partial charge on any atom is -0.393 e. The number of benzene rings is 1. The summed E-state index contributed by atoms with van der Waals surface area (Å²) in [7, 11) is 1.61. The number of hydrogen-bond donors (Lipinski definition) is 1. The van der Waals surface area contributed by atoms with Crippen molar-refractivity contribution in [2.45, 2.75) is 40.3 Å². The van der Waals surface area contributed by atoms with Crippen LogP contribution in [0.15, 0.2) is 23.0 Å². The normalized spacial score (nSPS) is 11.0. The van der Waals surface area contributed by atoms with Crippen molar-refractivity contribution < 1.29 is 4.74 Å². The number of methoxy groups -OCH3 is 1. The zero-order valence-corrected chi connectivity index (χ0v) is 13.1. The SMILES string of the molecule is CCCn1c(COC)c(N)c(=O)n1-c1cc(C)cc(C)c1. The Hall–Kier alpha value is -2.01. The summed E-state index contributed by atoms with van der Waals surface area (Å²) in [5.41, 5.74) is 9.91. The summed E-state index contributed by atoms with van der Waals surface area (Å²) in [5, 5.41) is 0. The molecule has 2 rings (SSSR count). The quantitative estimate of drug-likeness (QED) is 0.919. The Morgan fingerprint density at radius 3 is 2.33 bits per heavy atom. The summed E-state index contributed by atoms with van der Waals surface area (Å²) in [6.07, 6.45) is 0.912. The van der Waals surface area contributed by atoms with Gasteiger partial charge in [-0.25, -0.2) is 4.68 Å². The first kappa shape index (κ1) is 15.4. The first-order valence-electron chi connectivity index (χ1n) is 7.17. The number of anilines is 1. The summed E-state index contributed by atoms with van der Waals surface area (Å²) in [6.45, 7) is 7.17. The predicted octanol–water partition coefficient (Wildman–Crippen LogP) is 2.39. The van der Waals surface area contributed by atoms with Gasteiger partial charge >= 0.3 is 0 Å². The minimum atomic E-state index is -0.180. The van der Waals surface area contributed by atoms with Crippen LogP contribution < -0.4 is 11.3 Å². The summed E-state index contributed by atoms with van der Waals surface area (Å²) < 4.78 is 8.78. The predicted molar refractivity (Wildman–Crippen MR) is 84.9 cm³/mol. The van der Waals surface area contributed by atoms with Crippen molar-refractivity contribution in [1.82, 2.24) is 9.36 Å². The lowest BCUT2D eigenvalue weighted by atomic mass is 10.1. The number of aryl methyl sites for hydroxylation is 2. The van der Waals surface area contributed by atoms with E-state index >= 15 is 0 Å². The van der Waals surface area contributed by atoms with Crippen LogP contribution in [-0.2, 0) is 17.9 Å². The molecular weight excluding hydrogens is 266 g/mol. The van der Waals surface area contributed by atoms with Gasteiger partial charge in [0, 0.05) is 13.7 Å². The van der Waals surface area contributed by atoms with E-state index in [9.17, 15) is 4.79 Å². The fraction of sp³-hybridized carbons (Fsp3) is 0.438. The van der Waals surface area contributed by atoms with Crippen LogP contribution in [0.1, 0.15) is 30.2 Å². The Morgan fingerprint density at radius 2 is 1.81 bits per heavy atom. The van der Waals surface area contributed by atoms with E-state index in [0.717, 1.165) is 35.5 Å². The molecule has 114 valence electrons. The number of hydrogen-bond acceptors (Lipinski definition) is 3. The van der Waals surface area contributed by atoms with E-state index < -0.39 is 0 Å². The lowest BCUT2D eigenvalue weighted by Crippen LogP contribution is -2.22. The second kappa shape index (κ2) is 6.18. The van der Waals surface area contributed by atoms with Crippen molar-refractivity contribution in [2.24, 2.45) is 0 Å². The monoisotopic (exact) mass is 289 g/mol. The van der Waals surface area contributed by atoms with E-state index in [4.69, 9.17) is 10.5 Å². The number of rotatable bonds is 5. The van der Waals surface area contributed by atoms with Gasteiger partial charge in [0.1, 0.15) is 5.69 Å². The maximum absolute atomic E-state index is 12.5. The highest BCUT2D eigenvalue weighted by Crippen LogP contribution is 2.17. The molecule has 0 bridgehead atoms. The van der Waals surface area contributed by atoms with E-state index in [1.807, 2.05) is 30.7 Å². The van der Waals surface area contributed by atoms with Crippen LogP contribution in [0.5, 0.6) is 0 Å². The Balaban J connectivity index is 2.72. The van der Waals surface area contributed by atoms with Gasteiger partial charge < -0.3 is 10.5 Å². The van der Waals surface area contributed by atoms with Crippen molar-refractivity contribution in [1.29, 1.82) is 0 Å². The highest BCUT2D eigenvalue weighted by atomic mass is 16.5. The largest absolute Gasteiger partial charge is 0.393 e. The molecule has 5 heteroatoms. The van der Waals surface area contributed by atoms with Crippen LogP contribution in [0.4, 0.5) is 5.69 Å². The van der Waals surface area contributed by atoms with Gasteiger partial charge in [-0.05, 0) is 43.5 Å². The third-order valence-corrected chi connectivity index (χ3v) is 3.45. The molecule has 0 amide bonds. The van der Waals surface area contributed by atoms with Gasteiger partial charge in [0.25, 0.3) is 5.56 Å². The second-order valence-corrected chi connectivity index (χ2v) is 5.38. The Kier molecular flexibility index (Phi) is 4.53. The summed E-state index contributed by atoms with van der Waals surface area (Å²) in [5.74, 6) is 0. The lowest BCUT2D eigenvalue weighted by Gasteiger charge is -2.15. The van der Waals surface area contributed by atoms with Crippen molar-refractivity contribution in [3.05, 3.63) is 45.4 Å². The van der Waals surface area contributed by atoms with Gasteiger partial charge in [-0.3, -0.25) is 9.48 Å². The number of nitrogen functional groups attached to an aromatic ring is 1. The van der Waals surface area contributed by atoms with Crippen LogP contribution in [0, 0.1) is 13.8 Å². The maximum Gasteiger partial charge on any atom is 0.294 e. The van der Waals surface area contributed by atoms with E-state index in [2.05, 4.69) is 13.0 Å². The lowest BCUT2D eigenvalue weighted by molar-refractivity contribution is 0.176. The number of aromatic nitrogens is 2. The molecule has 0 spiro atoms. The first-order chi connectivity index (χ1) is 9.99. The Labute approximate surface area is 124 Å². The van der Waals surface area contributed by atoms with Gasteiger partial charge in [0.2, 0.25) is 0 Å². The van der Waals surface area contributed by atoms with E-state index in [1.54, 1.807) is 11.8 Å². The summed E-state index contributed by atoms with van der Waals surface area (Å²) in [4.78, 5) is 12.5. The van der Waals surface area contributed by atoms with Crippen LogP contribution in [0.25, 0.3) is 5.69 Å². The minimum absolute atomic E-state index is 0.180. The van der Waals surface area contributed by atoms with Crippen molar-refractivity contribution in [3.8, 4) is 5.69 Å². The van der Waals surface area contributed by atoms with Gasteiger partial charge in [-0.15, -0.1) is 0 Å². The fourth-order valence-corrected chi connectivity index (χ4v) is 2.67. The zero-order chi connectivity index (χ0) is 15.6. The molecular formula is C16H23N3O2. The third kappa shape index (κ3) is 2.88. The molecule has 0 aliphatic rings. The van der Waals surface area contributed by atoms with Crippen LogP contribution in [0.2, 0.25) is 0 Å². The van der Waals surface area contributed by atoms with Crippen LogP contribution in [-0.4, -0.2) is 16.5 Å². The molecule has 0 atom stereocenters. The second-order valence-electron chi connectivity index (χ2n) is 5.38. The molecule has 1 aromatic carbocycles. The molecule has 1 aromatic heterocycles. The molecule has 1 heterocycles. The average Bonchev–Trinajstić information content (AvgIpc) is 2.63. The molecule has 0 fully saturated rings. The van der Waals surface area contributed by atoms with Crippen molar-refractivity contribution in [3.63, 3.8) is 0 Å². The number of nitrogens with two attached hydrogens (primary N) is 1. The smallest absolute Gasteiger partial charge is 0.294 e. The van der Waals surface area contributed by atoms with Crippen molar-refractivity contribution >= 4 is 5.69 Å². The van der Waals surface area contributed by atoms with E-state index in [-0.39, 0.29) is 11.2 Å². The molecule has 21 heavy (non-hydrogen) atoms. The molecule has 2 aromatic rings. The average molecular weight is 289 g/mol. The third-order valence-electron chi connectivity index (χ3n) is 3.45. The highest BCUT2D eigenvalue weighted by molar-refractivity contribution is 5.47. The Bertz CT molecular complexity index is 678. The van der Waals surface area contributed by atoms with Crippen molar-refractivity contribution in [2.75, 3.05) is 12.8 Å². The van der Waals surface area contributed by atoms with Gasteiger partial charge in [-0.2, -0.15) is 0 Å². The standard InChI is InChI=1S/C16H23N3O2/c1-5-6-18-14(10-21-4)15(17)16(20)19(18)13-8-11(2)7-12(3)9-13/h7-9H,5-6,10,17H2,1-4H3. The molecule has 0 aliphatic heterocycles. The molecule has 0 radical (unpaired) electrons. The zero-order valence-electron chi connectivity index (χ0n) is 13.1. The maximum atomic E-state index is 12.5. The summed E-state index contributed by atoms with van der Waals surface area (Å²) >= 11 is 0. The van der Waals surface area contributed by atoms with Gasteiger partial charge in [0.15, 0.2) is 0 Å². The molecule has 0 aliphatic carbocycles. The first-order valence-corrected chi connectivity index (χ1v) is 7.17. The van der Waals surface area contributed by atoms with Gasteiger partial charge in [0.05, 0.1) is 18.0 Å². The highest BCUT2D eigenvalue weighted by Gasteiger charge is 2.18. The van der Waals surface area contributed by atoms with E-state index in [0.29, 0.717) is 6.61 Å². The molecule has 0 saturated heterocycles. The molecule has 0 saturated carbocycles. The van der Waals surface area contributed by atoms with Crippen LogP contribution in [0.3, 0.4) is 0 Å². The number of ether oxygens (including phenoxy) is 1. The van der Waals surface area contributed by atoms with E-state index in [1.165, 1.54) is 0 Å². The Morgan fingerprint density at radius 1 is 1.19 bits per heavy atom. The number of nitrogens with zero attached hydrogens (tertiary/aromatic N) is 2. The van der Waals surface area contributed by atoms with Gasteiger partial charge in [-0.1, -0.05) is 13.0 Å². The van der Waals surface area contributed by atoms with Crippen LogP contribution >= 0.6 is 0 Å².